The molecule has 1 aromatic heterocycles. The van der Waals surface area contributed by atoms with E-state index in [1.165, 1.54) is 30.5 Å². The quantitative estimate of drug-likeness (QED) is 0.647. The van der Waals surface area contributed by atoms with Gasteiger partial charge in [-0.2, -0.15) is 10.4 Å². The summed E-state index contributed by atoms with van der Waals surface area (Å²) in [6.07, 6.45) is 2.59. The molecule has 1 aromatic carbocycles. The van der Waals surface area contributed by atoms with Crippen LogP contribution in [0.1, 0.15) is 56.4 Å². The molecule has 3 rings (SSSR count). The summed E-state index contributed by atoms with van der Waals surface area (Å²) in [6.45, 7) is 5.35. The molecule has 2 aromatic rings. The van der Waals surface area contributed by atoms with Crippen LogP contribution in [-0.2, 0) is 4.74 Å². The molecular weight excluding hydrogens is 415 g/mol. The Morgan fingerprint density at radius 3 is 2.56 bits per heavy atom. The smallest absolute Gasteiger partial charge is 0.407 e. The van der Waals surface area contributed by atoms with Crippen molar-refractivity contribution in [3.8, 4) is 6.07 Å². The number of nitrogens with one attached hydrogen (secondary N) is 2. The summed E-state index contributed by atoms with van der Waals surface area (Å²) < 4.78 is 20.1. The van der Waals surface area contributed by atoms with Gasteiger partial charge in [0.1, 0.15) is 17.0 Å². The van der Waals surface area contributed by atoms with Crippen molar-refractivity contribution in [3.63, 3.8) is 0 Å². The van der Waals surface area contributed by atoms with E-state index in [0.717, 1.165) is 0 Å². The third-order valence-electron chi connectivity index (χ3n) is 5.15. The molecule has 0 aliphatic heterocycles. The van der Waals surface area contributed by atoms with Crippen molar-refractivity contribution < 1.29 is 18.7 Å². The Morgan fingerprint density at radius 1 is 1.28 bits per heavy atom. The Kier molecular flexibility index (Phi) is 6.67. The molecule has 9 nitrogen and oxygen atoms in total. The van der Waals surface area contributed by atoms with Crippen LogP contribution in [0.5, 0.6) is 0 Å². The van der Waals surface area contributed by atoms with Gasteiger partial charge in [-0.05, 0) is 64.3 Å². The molecule has 1 saturated carbocycles. The lowest BCUT2D eigenvalue weighted by Crippen LogP contribution is -2.43. The number of carbonyl (C=O) groups excluding carboxylic acids is 2. The number of nitrogens with two attached hydrogens (primary N) is 1. The number of anilines is 2. The fourth-order valence-corrected chi connectivity index (χ4v) is 3.70. The highest BCUT2D eigenvalue weighted by Gasteiger charge is 2.34. The van der Waals surface area contributed by atoms with Crippen LogP contribution in [-0.4, -0.2) is 33.4 Å². The molecule has 0 spiro atoms. The maximum atomic E-state index is 13.2. The van der Waals surface area contributed by atoms with Gasteiger partial charge >= 0.3 is 6.09 Å². The molecule has 0 bridgehead atoms. The number of nitrogens with zero attached hydrogens (tertiary/aromatic N) is 3. The second kappa shape index (κ2) is 9.26. The lowest BCUT2D eigenvalue weighted by Gasteiger charge is -2.33. The number of hydrogen-bond acceptors (Lipinski definition) is 6. The molecule has 32 heavy (non-hydrogen) atoms. The normalized spacial score (nSPS) is 20.8. The highest BCUT2D eigenvalue weighted by Crippen LogP contribution is 2.35. The standard InChI is InChI=1S/C22H27FN6O3/c1-22(2,3)32-21(31)27-16-7-4-13(11-24)18(10-16)29-12-17(19(25)30)20(28-29)26-15-8-5-14(23)6-9-15/h5-6,8-9,12-13,16,18H,4,7,10H2,1-3H3,(H2,25,30)(H,26,28)(H,27,31)/t13?,16?,18-/m0/s1. The van der Waals surface area contributed by atoms with Gasteiger partial charge in [0, 0.05) is 17.9 Å². The number of halogens is 1. The summed E-state index contributed by atoms with van der Waals surface area (Å²) >= 11 is 0. The van der Waals surface area contributed by atoms with E-state index in [4.69, 9.17) is 10.5 Å². The van der Waals surface area contributed by atoms with Gasteiger partial charge in [0.15, 0.2) is 5.82 Å². The van der Waals surface area contributed by atoms with Crippen molar-refractivity contribution in [3.05, 3.63) is 41.8 Å². The van der Waals surface area contributed by atoms with Crippen molar-refractivity contribution in [2.45, 2.75) is 57.7 Å². The first-order valence-corrected chi connectivity index (χ1v) is 10.4. The maximum Gasteiger partial charge on any atom is 0.407 e. The predicted molar refractivity (Wildman–Crippen MR) is 116 cm³/mol. The van der Waals surface area contributed by atoms with Crippen LogP contribution in [0.15, 0.2) is 30.5 Å². The number of aromatic nitrogens is 2. The number of benzene rings is 1. The number of hydrogen-bond donors (Lipinski definition) is 3. The maximum absolute atomic E-state index is 13.2. The zero-order valence-electron chi connectivity index (χ0n) is 18.3. The average Bonchev–Trinajstić information content (AvgIpc) is 3.12. The minimum absolute atomic E-state index is 0.147. The van der Waals surface area contributed by atoms with Crippen molar-refractivity contribution >= 4 is 23.5 Å². The molecule has 4 N–H and O–H groups in total. The number of carbonyl (C=O) groups is 2. The first-order chi connectivity index (χ1) is 15.1. The minimum atomic E-state index is -0.686. The van der Waals surface area contributed by atoms with Crippen molar-refractivity contribution in [1.82, 2.24) is 15.1 Å². The van der Waals surface area contributed by atoms with Crippen LogP contribution in [0.3, 0.4) is 0 Å². The second-order valence-electron chi connectivity index (χ2n) is 8.83. The number of amides is 2. The summed E-state index contributed by atoms with van der Waals surface area (Å²) in [5, 5.41) is 19.9. The number of nitriles is 1. The third-order valence-corrected chi connectivity index (χ3v) is 5.15. The SMILES string of the molecule is CC(C)(C)OC(=O)NC1CCC(C#N)[C@@H](n2cc(C(N)=O)c(Nc3ccc(F)cc3)n2)C1. The lowest BCUT2D eigenvalue weighted by molar-refractivity contribution is 0.0478. The molecule has 1 aliphatic carbocycles. The van der Waals surface area contributed by atoms with E-state index in [0.29, 0.717) is 24.9 Å². The van der Waals surface area contributed by atoms with Gasteiger partial charge < -0.3 is 21.1 Å². The van der Waals surface area contributed by atoms with E-state index in [9.17, 15) is 19.2 Å². The second-order valence-corrected chi connectivity index (χ2v) is 8.83. The monoisotopic (exact) mass is 442 g/mol. The van der Waals surface area contributed by atoms with Gasteiger partial charge in [-0.3, -0.25) is 9.48 Å². The van der Waals surface area contributed by atoms with E-state index < -0.39 is 17.6 Å². The Bertz CT molecular complexity index is 1020. The highest BCUT2D eigenvalue weighted by molar-refractivity contribution is 5.98. The Hall–Kier alpha value is -3.61. The Balaban J connectivity index is 1.82. The van der Waals surface area contributed by atoms with Crippen LogP contribution >= 0.6 is 0 Å². The number of primary amides is 1. The molecule has 10 heteroatoms. The molecule has 1 fully saturated rings. The van der Waals surface area contributed by atoms with Crippen LogP contribution in [0.4, 0.5) is 20.7 Å². The van der Waals surface area contributed by atoms with Crippen LogP contribution < -0.4 is 16.4 Å². The van der Waals surface area contributed by atoms with E-state index in [1.54, 1.807) is 25.5 Å². The fourth-order valence-electron chi connectivity index (χ4n) is 3.70. The topological polar surface area (TPSA) is 135 Å². The van der Waals surface area contributed by atoms with Gasteiger partial charge in [-0.25, -0.2) is 9.18 Å². The van der Waals surface area contributed by atoms with Crippen molar-refractivity contribution in [2.24, 2.45) is 11.7 Å². The van der Waals surface area contributed by atoms with Gasteiger partial charge in [0.05, 0.1) is 18.0 Å². The Labute approximate surface area is 185 Å². The molecular formula is C22H27FN6O3. The molecule has 2 unspecified atom stereocenters. The van der Waals surface area contributed by atoms with E-state index in [1.807, 2.05) is 0 Å². The molecule has 0 saturated heterocycles. The van der Waals surface area contributed by atoms with Crippen molar-refractivity contribution in [1.29, 1.82) is 5.26 Å². The zero-order valence-corrected chi connectivity index (χ0v) is 18.3. The van der Waals surface area contributed by atoms with E-state index in [2.05, 4.69) is 21.8 Å². The van der Waals surface area contributed by atoms with Gasteiger partial charge in [0.25, 0.3) is 5.91 Å². The van der Waals surface area contributed by atoms with Crippen LogP contribution in [0.2, 0.25) is 0 Å². The number of ether oxygens (including phenoxy) is 1. The molecule has 170 valence electrons. The Morgan fingerprint density at radius 2 is 1.97 bits per heavy atom. The summed E-state index contributed by atoms with van der Waals surface area (Å²) in [7, 11) is 0. The summed E-state index contributed by atoms with van der Waals surface area (Å²) in [6, 6.07) is 7.29. The fraction of sp³-hybridized carbons (Fsp3) is 0.455. The lowest BCUT2D eigenvalue weighted by atomic mass is 9.82. The average molecular weight is 442 g/mol. The minimum Gasteiger partial charge on any atom is -0.444 e. The predicted octanol–water partition coefficient (Wildman–Crippen LogP) is 3.62. The third kappa shape index (κ3) is 5.75. The number of rotatable bonds is 5. The highest BCUT2D eigenvalue weighted by atomic mass is 19.1. The molecule has 1 heterocycles. The first-order valence-electron chi connectivity index (χ1n) is 10.4. The van der Waals surface area contributed by atoms with Crippen molar-refractivity contribution in [2.75, 3.05) is 5.32 Å². The first kappa shape index (κ1) is 23.1. The summed E-state index contributed by atoms with van der Waals surface area (Å²) in [5.41, 5.74) is 5.58. The van der Waals surface area contributed by atoms with Gasteiger partial charge in [-0.15, -0.1) is 0 Å². The molecule has 1 aliphatic rings. The molecule has 0 radical (unpaired) electrons. The van der Waals surface area contributed by atoms with Gasteiger partial charge in [0.2, 0.25) is 0 Å². The van der Waals surface area contributed by atoms with E-state index in [-0.39, 0.29) is 35.2 Å². The largest absolute Gasteiger partial charge is 0.444 e. The summed E-state index contributed by atoms with van der Waals surface area (Å²) in [4.78, 5) is 24.2. The zero-order chi connectivity index (χ0) is 23.5. The number of alkyl carbamates (subject to hydrolysis) is 1. The van der Waals surface area contributed by atoms with Crippen LogP contribution in [0.25, 0.3) is 0 Å². The van der Waals surface area contributed by atoms with Gasteiger partial charge in [-0.1, -0.05) is 0 Å². The molecule has 3 atom stereocenters. The van der Waals surface area contributed by atoms with E-state index >= 15 is 0 Å². The molecule has 2 amide bonds. The summed E-state index contributed by atoms with van der Waals surface area (Å²) in [5.74, 6) is -1.22. The van der Waals surface area contributed by atoms with Crippen LogP contribution in [0, 0.1) is 23.1 Å².